The monoisotopic (exact) mass is 329 g/mol. The van der Waals surface area contributed by atoms with Crippen LogP contribution < -0.4 is 5.32 Å². The van der Waals surface area contributed by atoms with E-state index in [1.54, 1.807) is 23.9 Å². The van der Waals surface area contributed by atoms with Crippen molar-refractivity contribution in [2.75, 3.05) is 20.6 Å². The largest absolute Gasteiger partial charge is 0.468 e. The van der Waals surface area contributed by atoms with Crippen molar-refractivity contribution in [3.8, 4) is 0 Å². The zero-order valence-electron chi connectivity index (χ0n) is 12.1. The van der Waals surface area contributed by atoms with Gasteiger partial charge in [0.25, 0.3) is 5.91 Å². The van der Waals surface area contributed by atoms with Crippen LogP contribution in [-0.2, 0) is 7.05 Å². The SMILES string of the molecule is CN(C)C(CNC(=O)c1cc(Cl)c(Cl)n1C)c1ccco1. The maximum atomic E-state index is 12.2. The number of hydrogen-bond donors (Lipinski definition) is 1. The average molecular weight is 330 g/mol. The number of likely N-dealkylation sites (N-methyl/N-ethyl adjacent to an activating group) is 1. The number of carbonyl (C=O) groups is 1. The molecule has 0 saturated carbocycles. The summed E-state index contributed by atoms with van der Waals surface area (Å²) in [6.07, 6.45) is 1.62. The van der Waals surface area contributed by atoms with Crippen molar-refractivity contribution in [2.45, 2.75) is 6.04 Å². The molecule has 0 aliphatic carbocycles. The molecule has 2 heterocycles. The Kier molecular flexibility index (Phi) is 4.98. The molecule has 0 spiro atoms. The molecule has 1 atom stereocenters. The molecule has 2 aromatic rings. The number of furan rings is 1. The van der Waals surface area contributed by atoms with Crippen LogP contribution in [0, 0.1) is 0 Å². The highest BCUT2D eigenvalue weighted by atomic mass is 35.5. The minimum absolute atomic E-state index is 0.0461. The van der Waals surface area contributed by atoms with Gasteiger partial charge in [-0.2, -0.15) is 0 Å². The summed E-state index contributed by atoms with van der Waals surface area (Å²) in [7, 11) is 5.55. The summed E-state index contributed by atoms with van der Waals surface area (Å²) in [6, 6.07) is 5.21. The Bertz CT molecular complexity index is 620. The van der Waals surface area contributed by atoms with Gasteiger partial charge in [-0.3, -0.25) is 9.69 Å². The van der Waals surface area contributed by atoms with Crippen LogP contribution >= 0.6 is 23.2 Å². The first-order valence-electron chi connectivity index (χ1n) is 6.40. The second kappa shape index (κ2) is 6.56. The van der Waals surface area contributed by atoms with Gasteiger partial charge in [-0.25, -0.2) is 0 Å². The fourth-order valence-corrected chi connectivity index (χ4v) is 2.43. The summed E-state index contributed by atoms with van der Waals surface area (Å²) in [5, 5.41) is 3.58. The molecular formula is C14H17Cl2N3O2. The molecule has 0 aromatic carbocycles. The molecule has 0 bridgehead atoms. The summed E-state index contributed by atoms with van der Waals surface area (Å²) in [5.74, 6) is 0.563. The Labute approximate surface area is 133 Å². The molecule has 114 valence electrons. The van der Waals surface area contributed by atoms with Gasteiger partial charge < -0.3 is 14.3 Å². The maximum absolute atomic E-state index is 12.2. The van der Waals surface area contributed by atoms with Gasteiger partial charge in [-0.05, 0) is 32.3 Å². The second-order valence-corrected chi connectivity index (χ2v) is 5.70. The molecule has 0 saturated heterocycles. The van der Waals surface area contributed by atoms with Crippen LogP contribution in [0.2, 0.25) is 10.2 Å². The Morgan fingerprint density at radius 1 is 1.48 bits per heavy atom. The van der Waals surface area contributed by atoms with Crippen molar-refractivity contribution in [3.05, 3.63) is 46.1 Å². The van der Waals surface area contributed by atoms with Gasteiger partial charge in [0.05, 0.1) is 17.3 Å². The Hall–Kier alpha value is -1.43. The number of halogens is 2. The van der Waals surface area contributed by atoms with E-state index in [4.69, 9.17) is 27.6 Å². The number of carbonyl (C=O) groups excluding carboxylic acids is 1. The molecule has 0 radical (unpaired) electrons. The van der Waals surface area contributed by atoms with Crippen molar-refractivity contribution in [1.29, 1.82) is 0 Å². The van der Waals surface area contributed by atoms with Crippen molar-refractivity contribution in [1.82, 2.24) is 14.8 Å². The minimum atomic E-state index is -0.232. The molecular weight excluding hydrogens is 313 g/mol. The van der Waals surface area contributed by atoms with E-state index >= 15 is 0 Å². The van der Waals surface area contributed by atoms with E-state index < -0.39 is 0 Å². The van der Waals surface area contributed by atoms with Gasteiger partial charge in [-0.15, -0.1) is 0 Å². The number of rotatable bonds is 5. The Balaban J connectivity index is 2.07. The molecule has 0 aliphatic heterocycles. The lowest BCUT2D eigenvalue weighted by Gasteiger charge is -2.22. The first kappa shape index (κ1) is 15.9. The van der Waals surface area contributed by atoms with Crippen molar-refractivity contribution in [2.24, 2.45) is 7.05 Å². The number of aromatic nitrogens is 1. The Morgan fingerprint density at radius 3 is 2.67 bits per heavy atom. The predicted molar refractivity (Wildman–Crippen MR) is 82.9 cm³/mol. The van der Waals surface area contributed by atoms with E-state index in [1.807, 2.05) is 31.1 Å². The van der Waals surface area contributed by atoms with E-state index in [9.17, 15) is 4.79 Å². The van der Waals surface area contributed by atoms with E-state index in [-0.39, 0.29) is 11.9 Å². The molecule has 1 unspecified atom stereocenters. The third-order valence-electron chi connectivity index (χ3n) is 3.30. The highest BCUT2D eigenvalue weighted by Gasteiger charge is 2.20. The second-order valence-electron chi connectivity index (χ2n) is 4.93. The van der Waals surface area contributed by atoms with Crippen LogP contribution in [0.3, 0.4) is 0 Å². The lowest BCUT2D eigenvalue weighted by molar-refractivity contribution is 0.0931. The highest BCUT2D eigenvalue weighted by Crippen LogP contribution is 2.25. The van der Waals surface area contributed by atoms with Gasteiger partial charge in [0.2, 0.25) is 0 Å². The van der Waals surface area contributed by atoms with Crippen LogP contribution in [0.4, 0.5) is 0 Å². The summed E-state index contributed by atoms with van der Waals surface area (Å²) in [6.45, 7) is 0.416. The van der Waals surface area contributed by atoms with E-state index in [2.05, 4.69) is 5.32 Å². The fourth-order valence-electron chi connectivity index (χ4n) is 2.06. The number of nitrogens with zero attached hydrogens (tertiary/aromatic N) is 2. The molecule has 0 aliphatic rings. The standard InChI is InChI=1S/C14H17Cl2N3O2/c1-18(2)11(12-5-4-6-21-12)8-17-14(20)10-7-9(15)13(16)19(10)3/h4-7,11H,8H2,1-3H3,(H,17,20). The van der Waals surface area contributed by atoms with Crippen molar-refractivity contribution >= 4 is 29.1 Å². The topological polar surface area (TPSA) is 50.4 Å². The molecule has 1 N–H and O–H groups in total. The lowest BCUT2D eigenvalue weighted by atomic mass is 10.2. The molecule has 0 fully saturated rings. The molecule has 21 heavy (non-hydrogen) atoms. The van der Waals surface area contributed by atoms with Gasteiger partial charge in [-0.1, -0.05) is 23.2 Å². The maximum Gasteiger partial charge on any atom is 0.268 e. The molecule has 5 nitrogen and oxygen atoms in total. The molecule has 2 rings (SSSR count). The summed E-state index contributed by atoms with van der Waals surface area (Å²) in [5.41, 5.74) is 0.418. The van der Waals surface area contributed by atoms with Gasteiger partial charge in [0.1, 0.15) is 16.6 Å². The van der Waals surface area contributed by atoms with Crippen molar-refractivity contribution < 1.29 is 9.21 Å². The van der Waals surface area contributed by atoms with Crippen molar-refractivity contribution in [3.63, 3.8) is 0 Å². The van der Waals surface area contributed by atoms with E-state index in [0.29, 0.717) is 22.4 Å². The number of amides is 1. The van der Waals surface area contributed by atoms with Gasteiger partial charge >= 0.3 is 0 Å². The zero-order valence-corrected chi connectivity index (χ0v) is 13.6. The predicted octanol–water partition coefficient (Wildman–Crippen LogP) is 2.96. The van der Waals surface area contributed by atoms with Crippen LogP contribution in [0.25, 0.3) is 0 Å². The summed E-state index contributed by atoms with van der Waals surface area (Å²) in [4.78, 5) is 14.2. The normalized spacial score (nSPS) is 12.7. The van der Waals surface area contributed by atoms with Crippen LogP contribution in [0.15, 0.2) is 28.9 Å². The third-order valence-corrected chi connectivity index (χ3v) is 4.14. The third kappa shape index (κ3) is 3.43. The van der Waals surface area contributed by atoms with Crippen LogP contribution in [0.1, 0.15) is 22.3 Å². The summed E-state index contributed by atoms with van der Waals surface area (Å²) < 4.78 is 6.95. The summed E-state index contributed by atoms with van der Waals surface area (Å²) >= 11 is 11.9. The zero-order chi connectivity index (χ0) is 15.6. The Morgan fingerprint density at radius 2 is 2.19 bits per heavy atom. The van der Waals surface area contributed by atoms with E-state index in [0.717, 1.165) is 5.76 Å². The first-order valence-corrected chi connectivity index (χ1v) is 7.16. The molecule has 2 aromatic heterocycles. The quantitative estimate of drug-likeness (QED) is 0.917. The average Bonchev–Trinajstić information content (AvgIpc) is 3.03. The van der Waals surface area contributed by atoms with Gasteiger partial charge in [0, 0.05) is 13.6 Å². The first-order chi connectivity index (χ1) is 9.91. The molecule has 7 heteroatoms. The van der Waals surface area contributed by atoms with Gasteiger partial charge in [0.15, 0.2) is 0 Å². The number of nitrogens with one attached hydrogen (secondary N) is 1. The van der Waals surface area contributed by atoms with Crippen LogP contribution in [-0.4, -0.2) is 36.0 Å². The smallest absolute Gasteiger partial charge is 0.268 e. The number of hydrogen-bond acceptors (Lipinski definition) is 3. The van der Waals surface area contributed by atoms with Crippen LogP contribution in [0.5, 0.6) is 0 Å². The lowest BCUT2D eigenvalue weighted by Crippen LogP contribution is -2.35. The fraction of sp³-hybridized carbons (Fsp3) is 0.357. The van der Waals surface area contributed by atoms with E-state index in [1.165, 1.54) is 0 Å². The highest BCUT2D eigenvalue weighted by molar-refractivity contribution is 6.41. The minimum Gasteiger partial charge on any atom is -0.468 e. The molecule has 1 amide bonds.